The Kier molecular flexibility index (Phi) is 7.76. The molecule has 0 aromatic rings. The molecule has 21 heavy (non-hydrogen) atoms. The van der Waals surface area contributed by atoms with E-state index in [2.05, 4.69) is 5.32 Å². The van der Waals surface area contributed by atoms with Gasteiger partial charge in [0.1, 0.15) is 5.60 Å². The Balaban J connectivity index is 4.56. The van der Waals surface area contributed by atoms with Crippen molar-refractivity contribution in [1.82, 2.24) is 5.32 Å². The predicted octanol–water partition coefficient (Wildman–Crippen LogP) is 3.54. The molecule has 1 atom stereocenters. The number of carbonyl (C=O) groups excluding carboxylic acids is 2. The van der Waals surface area contributed by atoms with Gasteiger partial charge >= 0.3 is 5.97 Å². The van der Waals surface area contributed by atoms with Crippen molar-refractivity contribution in [2.45, 2.75) is 73.3 Å². The molecule has 0 aromatic heterocycles. The maximum Gasteiger partial charge on any atom is 0.307 e. The Bertz CT molecular complexity index is 367. The normalized spacial score (nSPS) is 14.6. The van der Waals surface area contributed by atoms with Crippen LogP contribution in [0.25, 0.3) is 0 Å². The van der Waals surface area contributed by atoms with Gasteiger partial charge in [-0.25, -0.2) is 0 Å². The van der Waals surface area contributed by atoms with Crippen LogP contribution in [-0.4, -0.2) is 24.0 Å². The van der Waals surface area contributed by atoms with E-state index in [1.54, 1.807) is 0 Å². The van der Waals surface area contributed by atoms with Gasteiger partial charge < -0.3 is 10.1 Å². The van der Waals surface area contributed by atoms with E-state index in [9.17, 15) is 9.59 Å². The quantitative estimate of drug-likeness (QED) is 0.698. The minimum atomic E-state index is -0.564. The fourth-order valence-corrected chi connectivity index (χ4v) is 2.02. The third-order valence-corrected chi connectivity index (χ3v) is 2.88. The van der Waals surface area contributed by atoms with Crippen molar-refractivity contribution in [3.63, 3.8) is 0 Å². The summed E-state index contributed by atoms with van der Waals surface area (Å²) in [6.07, 6.45) is 1.33. The Morgan fingerprint density at radius 1 is 1.19 bits per heavy atom. The predicted molar refractivity (Wildman–Crippen MR) is 85.9 cm³/mol. The van der Waals surface area contributed by atoms with Crippen LogP contribution in [0.4, 0.5) is 0 Å². The number of rotatable bonds is 8. The second-order valence-electron chi connectivity index (χ2n) is 7.37. The lowest BCUT2D eigenvalue weighted by Gasteiger charge is -2.23. The number of ether oxygens (including phenoxy) is 1. The molecular weight excluding hydrogens is 266 g/mol. The molecule has 0 unspecified atom stereocenters. The minimum absolute atomic E-state index is 0.103. The van der Waals surface area contributed by atoms with Gasteiger partial charge in [-0.3, -0.25) is 9.59 Å². The number of esters is 1. The zero-order valence-corrected chi connectivity index (χ0v) is 14.7. The van der Waals surface area contributed by atoms with Gasteiger partial charge in [0.25, 0.3) is 0 Å². The van der Waals surface area contributed by atoms with E-state index in [4.69, 9.17) is 6.11 Å². The van der Waals surface area contributed by atoms with E-state index in [1.807, 2.05) is 48.5 Å². The molecule has 0 heterocycles. The van der Waals surface area contributed by atoms with Gasteiger partial charge in [0.05, 0.1) is 6.42 Å². The van der Waals surface area contributed by atoms with E-state index in [0.717, 1.165) is 0 Å². The topological polar surface area (TPSA) is 55.4 Å². The lowest BCUT2D eigenvalue weighted by Crippen LogP contribution is -2.35. The number of hydrogen-bond donors (Lipinski definition) is 1. The van der Waals surface area contributed by atoms with Crippen LogP contribution in [0.15, 0.2) is 0 Å². The summed E-state index contributed by atoms with van der Waals surface area (Å²) in [7, 11) is 0. The summed E-state index contributed by atoms with van der Waals surface area (Å²) in [6, 6.07) is 0. The van der Waals surface area contributed by atoms with Crippen LogP contribution in [0.1, 0.15) is 69.1 Å². The first-order chi connectivity index (χ1) is 9.80. The average Bonchev–Trinajstić information content (AvgIpc) is 2.22. The molecule has 4 nitrogen and oxygen atoms in total. The molecule has 0 saturated heterocycles. The Hall–Kier alpha value is -1.06. The second kappa shape index (κ2) is 9.06. The first-order valence-electron chi connectivity index (χ1n) is 8.30. The third kappa shape index (κ3) is 11.3. The zero-order valence-electron chi connectivity index (χ0n) is 15.7. The van der Waals surface area contributed by atoms with Gasteiger partial charge in [-0.2, -0.15) is 0 Å². The zero-order chi connectivity index (χ0) is 17.6. The number of amides is 1. The number of carbonyl (C=O) groups is 2. The second-order valence-corrected chi connectivity index (χ2v) is 7.37. The summed E-state index contributed by atoms with van der Waals surface area (Å²) in [5.41, 5.74) is -0.537. The van der Waals surface area contributed by atoms with Crippen LogP contribution in [-0.2, 0) is 14.3 Å². The number of nitrogens with one attached hydrogen (secondary N) is 1. The first kappa shape index (κ1) is 18.0. The molecule has 0 fully saturated rings. The molecule has 0 aliphatic carbocycles. The molecule has 0 aliphatic rings. The highest BCUT2D eigenvalue weighted by molar-refractivity contribution is 5.83. The fourth-order valence-electron chi connectivity index (χ4n) is 2.02. The van der Waals surface area contributed by atoms with Gasteiger partial charge in [0.2, 0.25) is 5.91 Å². The molecule has 124 valence electrons. The summed E-state index contributed by atoms with van der Waals surface area (Å²) in [5, 5.41) is 2.85. The molecule has 0 rings (SSSR count). The summed E-state index contributed by atoms with van der Waals surface area (Å²) < 4.78 is 13.1. The van der Waals surface area contributed by atoms with Crippen molar-refractivity contribution >= 4 is 11.9 Å². The van der Waals surface area contributed by atoms with E-state index in [1.165, 1.54) is 0 Å². The maximum atomic E-state index is 12.3. The standard InChI is InChI=1S/C17H33NO3/c1-12(2)8-9-18-16(20)14(10-13(3)4)11-15(19)21-17(5,6)7/h12-14H,8-11H2,1-7H3,(H,18,20)/t14-/m1/s1/i12D. The molecule has 0 bridgehead atoms. The van der Waals surface area contributed by atoms with Gasteiger partial charge in [-0.15, -0.1) is 0 Å². The average molecular weight is 300 g/mol. The Labute approximate surface area is 131 Å². The van der Waals surface area contributed by atoms with Gasteiger partial charge in [-0.1, -0.05) is 27.7 Å². The monoisotopic (exact) mass is 300 g/mol. The van der Waals surface area contributed by atoms with Crippen molar-refractivity contribution in [3.05, 3.63) is 0 Å². The summed E-state index contributed by atoms with van der Waals surface area (Å²) in [5.74, 6) is -1.07. The van der Waals surface area contributed by atoms with E-state index < -0.39 is 11.5 Å². The van der Waals surface area contributed by atoms with Crippen LogP contribution in [0.2, 0.25) is 0 Å². The van der Waals surface area contributed by atoms with Crippen LogP contribution in [0.5, 0.6) is 0 Å². The van der Waals surface area contributed by atoms with Crippen LogP contribution < -0.4 is 5.32 Å². The summed E-state index contributed by atoms with van der Waals surface area (Å²) >= 11 is 0. The highest BCUT2D eigenvalue weighted by atomic mass is 16.6. The molecule has 0 radical (unpaired) electrons. The smallest absolute Gasteiger partial charge is 0.307 e. The van der Waals surface area contributed by atoms with E-state index in [0.29, 0.717) is 25.3 Å². The number of hydrogen-bond acceptors (Lipinski definition) is 3. The highest BCUT2D eigenvalue weighted by Crippen LogP contribution is 2.19. The van der Waals surface area contributed by atoms with Crippen LogP contribution in [0.3, 0.4) is 0 Å². The molecule has 0 aliphatic heterocycles. The third-order valence-electron chi connectivity index (χ3n) is 2.88. The Morgan fingerprint density at radius 2 is 1.76 bits per heavy atom. The summed E-state index contributed by atoms with van der Waals surface area (Å²) in [6.45, 7) is 13.6. The molecule has 1 amide bonds. The lowest BCUT2D eigenvalue weighted by atomic mass is 9.93. The highest BCUT2D eigenvalue weighted by Gasteiger charge is 2.26. The minimum Gasteiger partial charge on any atom is -0.460 e. The molecule has 0 spiro atoms. The van der Waals surface area contributed by atoms with Crippen molar-refractivity contribution in [2.24, 2.45) is 17.7 Å². The molecule has 4 heteroatoms. The van der Waals surface area contributed by atoms with Gasteiger partial charge in [0, 0.05) is 13.8 Å². The lowest BCUT2D eigenvalue weighted by molar-refractivity contribution is -0.157. The van der Waals surface area contributed by atoms with Crippen molar-refractivity contribution in [2.75, 3.05) is 6.54 Å². The Morgan fingerprint density at radius 3 is 2.19 bits per heavy atom. The largest absolute Gasteiger partial charge is 0.460 e. The van der Waals surface area contributed by atoms with E-state index in [-0.39, 0.29) is 24.2 Å². The molecule has 0 aromatic carbocycles. The van der Waals surface area contributed by atoms with Crippen molar-refractivity contribution in [3.8, 4) is 0 Å². The van der Waals surface area contributed by atoms with Crippen molar-refractivity contribution < 1.29 is 15.7 Å². The van der Waals surface area contributed by atoms with Crippen LogP contribution >= 0.6 is 0 Å². The SMILES string of the molecule is [2H]C(C)(C)CCNC(=O)[C@@H](CC(=O)OC(C)(C)C)CC(C)C. The summed E-state index contributed by atoms with van der Waals surface area (Å²) in [4.78, 5) is 24.2. The van der Waals surface area contributed by atoms with E-state index >= 15 is 0 Å². The molecule has 1 N–H and O–H groups in total. The maximum absolute atomic E-state index is 12.3. The fraction of sp³-hybridized carbons (Fsp3) is 0.882. The molecular formula is C17H33NO3. The van der Waals surface area contributed by atoms with Gasteiger partial charge in [0.15, 0.2) is 0 Å². The van der Waals surface area contributed by atoms with Gasteiger partial charge in [-0.05, 0) is 45.4 Å². The van der Waals surface area contributed by atoms with Crippen molar-refractivity contribution in [1.29, 1.82) is 0 Å². The molecule has 0 saturated carbocycles. The van der Waals surface area contributed by atoms with Crippen LogP contribution in [0, 0.1) is 17.7 Å². The first-order valence-corrected chi connectivity index (χ1v) is 7.80.